The summed E-state index contributed by atoms with van der Waals surface area (Å²) < 4.78 is 5.16. The Hall–Kier alpha value is -2.24. The Balaban J connectivity index is 1.39. The van der Waals surface area contributed by atoms with Crippen molar-refractivity contribution in [3.8, 4) is 5.75 Å². The van der Waals surface area contributed by atoms with Gasteiger partial charge in [-0.15, -0.1) is 0 Å². The summed E-state index contributed by atoms with van der Waals surface area (Å²) in [6.45, 7) is 0. The van der Waals surface area contributed by atoms with Crippen LogP contribution in [0, 0.1) is 5.92 Å². The third kappa shape index (κ3) is 3.64. The van der Waals surface area contributed by atoms with E-state index in [1.807, 2.05) is 29.2 Å². The highest BCUT2D eigenvalue weighted by Gasteiger charge is 2.42. The molecule has 2 saturated heterocycles. The van der Waals surface area contributed by atoms with Gasteiger partial charge in [-0.25, -0.2) is 4.79 Å². The van der Waals surface area contributed by atoms with Crippen molar-refractivity contribution in [1.29, 1.82) is 0 Å². The summed E-state index contributed by atoms with van der Waals surface area (Å²) in [6, 6.07) is 8.01. The van der Waals surface area contributed by atoms with Crippen molar-refractivity contribution in [1.82, 2.24) is 10.2 Å². The largest absolute Gasteiger partial charge is 0.497 e. The number of anilines is 1. The first-order valence-corrected chi connectivity index (χ1v) is 9.68. The monoisotopic (exact) mass is 357 g/mol. The molecule has 2 heterocycles. The third-order valence-electron chi connectivity index (χ3n) is 5.84. The smallest absolute Gasteiger partial charge is 0.322 e. The molecule has 1 unspecified atom stereocenters. The van der Waals surface area contributed by atoms with Crippen molar-refractivity contribution in [2.45, 2.75) is 63.1 Å². The Kier molecular flexibility index (Phi) is 4.74. The number of fused-ring (bicyclic) bond motifs is 2. The number of ether oxygens (including phenoxy) is 1. The number of piperidine rings is 2. The lowest BCUT2D eigenvalue weighted by atomic mass is 9.82. The summed E-state index contributed by atoms with van der Waals surface area (Å²) in [5, 5.41) is 6.24. The number of carbonyl (C=O) groups excluding carboxylic acids is 2. The highest BCUT2D eigenvalue weighted by atomic mass is 16.5. The van der Waals surface area contributed by atoms with Gasteiger partial charge in [-0.2, -0.15) is 0 Å². The molecule has 0 radical (unpaired) electrons. The maximum atomic E-state index is 12.9. The number of hydrogen-bond donors (Lipinski definition) is 2. The van der Waals surface area contributed by atoms with Crippen LogP contribution in [0.25, 0.3) is 0 Å². The van der Waals surface area contributed by atoms with Crippen LogP contribution in [0.5, 0.6) is 5.75 Å². The van der Waals surface area contributed by atoms with E-state index < -0.39 is 0 Å². The lowest BCUT2D eigenvalue weighted by Gasteiger charge is -2.48. The average molecular weight is 357 g/mol. The molecule has 6 heteroatoms. The van der Waals surface area contributed by atoms with Gasteiger partial charge in [-0.1, -0.05) is 0 Å². The van der Waals surface area contributed by atoms with Gasteiger partial charge < -0.3 is 20.3 Å². The van der Waals surface area contributed by atoms with E-state index in [0.29, 0.717) is 0 Å². The van der Waals surface area contributed by atoms with Crippen LogP contribution in [0.1, 0.15) is 44.9 Å². The number of hydrogen-bond acceptors (Lipinski definition) is 3. The first kappa shape index (κ1) is 17.2. The Morgan fingerprint density at radius 2 is 1.69 bits per heavy atom. The molecule has 140 valence electrons. The minimum atomic E-state index is -0.0307. The Morgan fingerprint density at radius 1 is 1.04 bits per heavy atom. The van der Waals surface area contributed by atoms with Crippen molar-refractivity contribution < 1.29 is 14.3 Å². The number of methoxy groups -OCH3 is 1. The van der Waals surface area contributed by atoms with E-state index in [1.54, 1.807) is 7.11 Å². The summed E-state index contributed by atoms with van der Waals surface area (Å²) >= 11 is 0. The molecule has 3 aliphatic rings. The first-order valence-electron chi connectivity index (χ1n) is 9.68. The lowest BCUT2D eigenvalue weighted by molar-refractivity contribution is -0.123. The number of urea groups is 1. The summed E-state index contributed by atoms with van der Waals surface area (Å²) in [7, 11) is 1.63. The second kappa shape index (κ2) is 7.17. The molecule has 0 spiro atoms. The molecule has 1 aromatic carbocycles. The van der Waals surface area contributed by atoms with E-state index in [9.17, 15) is 9.59 Å². The zero-order valence-electron chi connectivity index (χ0n) is 15.2. The van der Waals surface area contributed by atoms with Crippen LogP contribution in [-0.4, -0.2) is 42.1 Å². The van der Waals surface area contributed by atoms with Gasteiger partial charge in [-0.05, 0) is 69.2 Å². The van der Waals surface area contributed by atoms with Crippen LogP contribution in [0.2, 0.25) is 0 Å². The molecule has 3 fully saturated rings. The van der Waals surface area contributed by atoms with Crippen molar-refractivity contribution in [2.75, 3.05) is 12.4 Å². The highest BCUT2D eigenvalue weighted by molar-refractivity contribution is 5.90. The maximum Gasteiger partial charge on any atom is 0.322 e. The fourth-order valence-corrected chi connectivity index (χ4v) is 4.36. The molecule has 3 atom stereocenters. The Labute approximate surface area is 154 Å². The molecule has 4 rings (SSSR count). The molecule has 26 heavy (non-hydrogen) atoms. The standard InChI is InChI=1S/C20H27N3O3/c1-26-18-9-7-14(8-10-18)22-20(25)23-16-3-2-4-17(23)12-15(11-16)21-19(24)13-5-6-13/h7-10,13,15-17H,2-6,11-12H2,1H3,(H,21,24)(H,22,25)/t15?,16-,17+. The van der Waals surface area contributed by atoms with Crippen molar-refractivity contribution in [3.63, 3.8) is 0 Å². The molecule has 1 aromatic rings. The van der Waals surface area contributed by atoms with Gasteiger partial charge in [0, 0.05) is 29.7 Å². The van der Waals surface area contributed by atoms with Gasteiger partial charge in [0.25, 0.3) is 0 Å². The number of nitrogens with one attached hydrogen (secondary N) is 2. The molecule has 1 aliphatic carbocycles. The topological polar surface area (TPSA) is 70.7 Å². The third-order valence-corrected chi connectivity index (χ3v) is 5.84. The van der Waals surface area contributed by atoms with Crippen LogP contribution >= 0.6 is 0 Å². The van der Waals surface area contributed by atoms with Crippen LogP contribution in [0.3, 0.4) is 0 Å². The molecule has 1 saturated carbocycles. The van der Waals surface area contributed by atoms with Crippen LogP contribution in [0.4, 0.5) is 10.5 Å². The van der Waals surface area contributed by atoms with Gasteiger partial charge in [0.2, 0.25) is 5.91 Å². The number of rotatable bonds is 4. The zero-order valence-corrected chi connectivity index (χ0v) is 15.2. The van der Waals surface area contributed by atoms with E-state index in [-0.39, 0.29) is 36.0 Å². The lowest BCUT2D eigenvalue weighted by Crippen LogP contribution is -2.59. The number of benzene rings is 1. The van der Waals surface area contributed by atoms with E-state index in [0.717, 1.165) is 56.4 Å². The zero-order chi connectivity index (χ0) is 18.1. The SMILES string of the molecule is COc1ccc(NC(=O)N2[C@@H]3CCC[C@H]2CC(NC(=O)C2CC2)C3)cc1. The minimum absolute atomic E-state index is 0.0307. The summed E-state index contributed by atoms with van der Waals surface area (Å²) in [5.74, 6) is 1.22. The first-order chi connectivity index (χ1) is 12.6. The fraction of sp³-hybridized carbons (Fsp3) is 0.600. The van der Waals surface area contributed by atoms with Gasteiger partial charge in [0.15, 0.2) is 0 Å². The molecule has 2 N–H and O–H groups in total. The molecule has 3 amide bonds. The van der Waals surface area contributed by atoms with Gasteiger partial charge >= 0.3 is 6.03 Å². The van der Waals surface area contributed by atoms with Crippen molar-refractivity contribution >= 4 is 17.6 Å². The molecular formula is C20H27N3O3. The predicted octanol–water partition coefficient (Wildman–Crippen LogP) is 3.14. The molecule has 6 nitrogen and oxygen atoms in total. The van der Waals surface area contributed by atoms with E-state index in [4.69, 9.17) is 4.74 Å². The van der Waals surface area contributed by atoms with E-state index in [2.05, 4.69) is 10.6 Å². The van der Waals surface area contributed by atoms with E-state index in [1.165, 1.54) is 0 Å². The van der Waals surface area contributed by atoms with Crippen LogP contribution in [-0.2, 0) is 4.79 Å². The number of nitrogens with zero attached hydrogens (tertiary/aromatic N) is 1. The summed E-state index contributed by atoms with van der Waals surface area (Å²) in [5.41, 5.74) is 0.776. The fourth-order valence-electron chi connectivity index (χ4n) is 4.36. The molecular weight excluding hydrogens is 330 g/mol. The molecule has 2 aliphatic heterocycles. The molecule has 2 bridgehead atoms. The van der Waals surface area contributed by atoms with Gasteiger partial charge in [0.05, 0.1) is 7.11 Å². The normalized spacial score (nSPS) is 27.6. The Morgan fingerprint density at radius 3 is 2.27 bits per heavy atom. The maximum absolute atomic E-state index is 12.9. The number of carbonyl (C=O) groups is 2. The summed E-state index contributed by atoms with van der Waals surface area (Å²) in [4.78, 5) is 27.0. The predicted molar refractivity (Wildman–Crippen MR) is 99.2 cm³/mol. The second-order valence-corrected chi connectivity index (χ2v) is 7.76. The highest BCUT2D eigenvalue weighted by Crippen LogP contribution is 2.36. The van der Waals surface area contributed by atoms with Crippen LogP contribution in [0.15, 0.2) is 24.3 Å². The molecule has 0 aromatic heterocycles. The van der Waals surface area contributed by atoms with Gasteiger partial charge in [-0.3, -0.25) is 4.79 Å². The second-order valence-electron chi connectivity index (χ2n) is 7.76. The Bertz CT molecular complexity index is 657. The van der Waals surface area contributed by atoms with Crippen molar-refractivity contribution in [3.05, 3.63) is 24.3 Å². The number of amides is 3. The quantitative estimate of drug-likeness (QED) is 0.870. The van der Waals surface area contributed by atoms with E-state index >= 15 is 0 Å². The average Bonchev–Trinajstić information content (AvgIpc) is 3.46. The van der Waals surface area contributed by atoms with Crippen LogP contribution < -0.4 is 15.4 Å². The van der Waals surface area contributed by atoms with Gasteiger partial charge in [0.1, 0.15) is 5.75 Å². The van der Waals surface area contributed by atoms with Crippen molar-refractivity contribution in [2.24, 2.45) is 5.92 Å². The minimum Gasteiger partial charge on any atom is -0.497 e. The summed E-state index contributed by atoms with van der Waals surface area (Å²) in [6.07, 6.45) is 6.98.